The van der Waals surface area contributed by atoms with Gasteiger partial charge in [-0.1, -0.05) is 13.0 Å². The van der Waals surface area contributed by atoms with Crippen molar-refractivity contribution in [3.05, 3.63) is 36.1 Å². The number of carboxylic acids is 2. The van der Waals surface area contributed by atoms with Crippen LogP contribution in [-0.4, -0.2) is 91.9 Å². The minimum absolute atomic E-state index is 1.01. The standard InChI is InChI=1S/C20H22N6S.2C2HF3O2/c1-3-25-6-8-26(9-7-25)19-18-16(12-27-20(18)22-13-21-19)14-4-5-17-15(10-14)11-23-24(17)2;2*3-2(4,5)1(6)7/h4-5,10-13H,3,6-9H2,1-2H3;2*(H,6,7). The van der Waals surface area contributed by atoms with E-state index in [0.717, 1.165) is 54.3 Å². The van der Waals surface area contributed by atoms with Crippen molar-refractivity contribution in [2.75, 3.05) is 37.6 Å². The van der Waals surface area contributed by atoms with E-state index >= 15 is 0 Å². The zero-order valence-corrected chi connectivity index (χ0v) is 22.4. The first-order valence-corrected chi connectivity index (χ1v) is 12.7. The predicted molar refractivity (Wildman–Crippen MR) is 139 cm³/mol. The molecule has 1 aromatic carbocycles. The van der Waals surface area contributed by atoms with Gasteiger partial charge in [-0.15, -0.1) is 11.3 Å². The molecule has 3 aromatic heterocycles. The number of piperazine rings is 1. The Balaban J connectivity index is 0.000000276. The van der Waals surface area contributed by atoms with E-state index in [9.17, 15) is 26.3 Å². The Morgan fingerprint density at radius 3 is 2.10 bits per heavy atom. The van der Waals surface area contributed by atoms with Crippen LogP contribution in [0.15, 0.2) is 36.1 Å². The molecule has 0 bridgehead atoms. The molecule has 0 unspecified atom stereocenters. The van der Waals surface area contributed by atoms with Gasteiger partial charge in [-0.25, -0.2) is 19.6 Å². The molecule has 4 heterocycles. The van der Waals surface area contributed by atoms with E-state index in [0.29, 0.717) is 0 Å². The first kappa shape index (κ1) is 31.5. The maximum atomic E-state index is 10.6. The molecule has 1 aliphatic heterocycles. The Morgan fingerprint density at radius 1 is 0.976 bits per heavy atom. The normalized spacial score (nSPS) is 14.3. The Labute approximate surface area is 232 Å². The molecule has 5 rings (SSSR count). The number of aromatic nitrogens is 4. The summed E-state index contributed by atoms with van der Waals surface area (Å²) in [6, 6.07) is 6.54. The molecule has 17 heteroatoms. The molecule has 1 aliphatic rings. The lowest BCUT2D eigenvalue weighted by atomic mass is 10.0. The molecule has 4 aromatic rings. The van der Waals surface area contributed by atoms with Crippen molar-refractivity contribution in [1.29, 1.82) is 0 Å². The lowest BCUT2D eigenvalue weighted by molar-refractivity contribution is -0.193. The number of alkyl halides is 6. The van der Waals surface area contributed by atoms with Crippen LogP contribution < -0.4 is 4.90 Å². The van der Waals surface area contributed by atoms with Crippen molar-refractivity contribution in [2.24, 2.45) is 7.05 Å². The van der Waals surface area contributed by atoms with Gasteiger partial charge < -0.3 is 20.0 Å². The summed E-state index contributed by atoms with van der Waals surface area (Å²) in [7, 11) is 1.98. The van der Waals surface area contributed by atoms with Crippen molar-refractivity contribution in [3.8, 4) is 11.1 Å². The Bertz CT molecular complexity index is 1490. The molecule has 0 atom stereocenters. The van der Waals surface area contributed by atoms with Crippen LogP contribution in [-0.2, 0) is 16.6 Å². The number of fused-ring (bicyclic) bond motifs is 2. The monoisotopic (exact) mass is 606 g/mol. The van der Waals surface area contributed by atoms with Gasteiger partial charge in [0.05, 0.1) is 17.1 Å². The van der Waals surface area contributed by atoms with Crippen LogP contribution in [0.2, 0.25) is 0 Å². The lowest BCUT2D eigenvalue weighted by Crippen LogP contribution is -2.46. The van der Waals surface area contributed by atoms with E-state index < -0.39 is 24.3 Å². The summed E-state index contributed by atoms with van der Waals surface area (Å²) in [6.07, 6.45) is -6.54. The van der Waals surface area contributed by atoms with Crippen molar-refractivity contribution in [3.63, 3.8) is 0 Å². The third-order valence-electron chi connectivity index (χ3n) is 6.01. The summed E-state index contributed by atoms with van der Waals surface area (Å²) in [6.45, 7) is 7.53. The number of anilines is 1. The van der Waals surface area contributed by atoms with Gasteiger partial charge in [-0.05, 0) is 24.2 Å². The topological polar surface area (TPSA) is 125 Å². The highest BCUT2D eigenvalue weighted by Gasteiger charge is 2.38. The van der Waals surface area contributed by atoms with Gasteiger partial charge in [0.2, 0.25) is 0 Å². The molecule has 0 aliphatic carbocycles. The number of likely N-dealkylation sites (N-methyl/N-ethyl adjacent to an activating group) is 1. The summed E-state index contributed by atoms with van der Waals surface area (Å²) in [5, 5.41) is 23.2. The van der Waals surface area contributed by atoms with Crippen LogP contribution in [0.3, 0.4) is 0 Å². The second-order valence-corrected chi connectivity index (χ2v) is 9.45. The number of hydrogen-bond donors (Lipinski definition) is 2. The number of thiophene rings is 1. The van der Waals surface area contributed by atoms with Gasteiger partial charge in [-0.2, -0.15) is 31.4 Å². The summed E-state index contributed by atoms with van der Waals surface area (Å²) in [5.74, 6) is -4.45. The molecule has 41 heavy (non-hydrogen) atoms. The summed E-state index contributed by atoms with van der Waals surface area (Å²) in [5.41, 5.74) is 3.56. The minimum Gasteiger partial charge on any atom is -0.475 e. The Hall–Kier alpha value is -3.99. The second kappa shape index (κ2) is 12.7. The fraction of sp³-hybridized carbons (Fsp3) is 0.375. The Morgan fingerprint density at radius 2 is 1.56 bits per heavy atom. The first-order valence-electron chi connectivity index (χ1n) is 11.8. The van der Waals surface area contributed by atoms with Crippen LogP contribution in [0.4, 0.5) is 32.2 Å². The predicted octanol–water partition coefficient (Wildman–Crippen LogP) is 4.65. The summed E-state index contributed by atoms with van der Waals surface area (Å²) in [4.78, 5) is 33.0. The maximum absolute atomic E-state index is 10.6. The Kier molecular flexibility index (Phi) is 9.75. The van der Waals surface area contributed by atoms with Crippen molar-refractivity contribution < 1.29 is 46.1 Å². The van der Waals surface area contributed by atoms with Gasteiger partial charge in [0.1, 0.15) is 17.0 Å². The molecule has 1 saturated heterocycles. The molecule has 1 fully saturated rings. The number of carbonyl (C=O) groups is 2. The van der Waals surface area contributed by atoms with Gasteiger partial charge in [0.25, 0.3) is 0 Å². The van der Waals surface area contributed by atoms with Gasteiger partial charge in [0.15, 0.2) is 0 Å². The number of benzene rings is 1. The molecule has 0 radical (unpaired) electrons. The molecular weight excluding hydrogens is 582 g/mol. The number of rotatable bonds is 3. The minimum atomic E-state index is -5.08. The molecule has 222 valence electrons. The van der Waals surface area contributed by atoms with Crippen molar-refractivity contribution in [1.82, 2.24) is 24.6 Å². The zero-order valence-electron chi connectivity index (χ0n) is 21.6. The average molecular weight is 607 g/mol. The van der Waals surface area contributed by atoms with Crippen molar-refractivity contribution in [2.45, 2.75) is 19.3 Å². The summed E-state index contributed by atoms with van der Waals surface area (Å²) < 4.78 is 65.4. The van der Waals surface area contributed by atoms with E-state index in [2.05, 4.69) is 50.4 Å². The van der Waals surface area contributed by atoms with E-state index in [1.165, 1.54) is 16.5 Å². The smallest absolute Gasteiger partial charge is 0.475 e. The highest BCUT2D eigenvalue weighted by atomic mass is 32.1. The molecule has 0 amide bonds. The average Bonchev–Trinajstić information content (AvgIpc) is 3.51. The SMILES string of the molecule is CCN1CCN(c2ncnc3scc(-c4ccc5c(cnn5C)c4)c23)CC1.O=C(O)C(F)(F)F.O=C(O)C(F)(F)F. The van der Waals surface area contributed by atoms with E-state index in [1.807, 2.05) is 17.9 Å². The largest absolute Gasteiger partial charge is 0.490 e. The highest BCUT2D eigenvalue weighted by Crippen LogP contribution is 2.39. The second-order valence-electron chi connectivity index (χ2n) is 8.60. The maximum Gasteiger partial charge on any atom is 0.490 e. The number of aryl methyl sites for hydroxylation is 1. The number of carboxylic acid groups (broad SMARTS) is 2. The fourth-order valence-electron chi connectivity index (χ4n) is 3.92. The van der Waals surface area contributed by atoms with E-state index in [4.69, 9.17) is 24.8 Å². The molecule has 0 saturated carbocycles. The van der Waals surface area contributed by atoms with E-state index in [1.54, 1.807) is 17.7 Å². The highest BCUT2D eigenvalue weighted by molar-refractivity contribution is 7.17. The third kappa shape index (κ3) is 7.81. The number of hydrogen-bond acceptors (Lipinski definition) is 8. The van der Waals surface area contributed by atoms with Crippen LogP contribution in [0.1, 0.15) is 6.92 Å². The molecule has 0 spiro atoms. The van der Waals surface area contributed by atoms with Gasteiger partial charge >= 0.3 is 24.3 Å². The van der Waals surface area contributed by atoms with Crippen LogP contribution in [0.25, 0.3) is 32.2 Å². The van der Waals surface area contributed by atoms with Crippen LogP contribution in [0, 0.1) is 0 Å². The molecular formula is C24H24F6N6O4S. The van der Waals surface area contributed by atoms with Crippen LogP contribution >= 0.6 is 11.3 Å². The van der Waals surface area contributed by atoms with Gasteiger partial charge in [0, 0.05) is 49.6 Å². The van der Waals surface area contributed by atoms with Crippen LogP contribution in [0.5, 0.6) is 0 Å². The van der Waals surface area contributed by atoms with Gasteiger partial charge in [-0.3, -0.25) is 4.68 Å². The number of nitrogens with zero attached hydrogens (tertiary/aromatic N) is 6. The number of halogens is 6. The summed E-state index contributed by atoms with van der Waals surface area (Å²) >= 11 is 1.69. The first-order chi connectivity index (χ1) is 19.1. The fourth-order valence-corrected chi connectivity index (χ4v) is 4.83. The molecule has 2 N–H and O–H groups in total. The quantitative estimate of drug-likeness (QED) is 0.321. The molecule has 10 nitrogen and oxygen atoms in total. The lowest BCUT2D eigenvalue weighted by Gasteiger charge is -2.35. The van der Waals surface area contributed by atoms with Crippen molar-refractivity contribution >= 4 is 50.2 Å². The third-order valence-corrected chi connectivity index (χ3v) is 6.90. The number of aliphatic carboxylic acids is 2. The van der Waals surface area contributed by atoms with E-state index in [-0.39, 0.29) is 0 Å². The zero-order chi connectivity index (χ0) is 30.5.